The van der Waals surface area contributed by atoms with Crippen LogP contribution in [0.5, 0.6) is 0 Å². The quantitative estimate of drug-likeness (QED) is 0.176. The molecule has 0 N–H and O–H groups in total. The molecule has 2 heterocycles. The summed E-state index contributed by atoms with van der Waals surface area (Å²) in [6.45, 7) is 4.52. The van der Waals surface area contributed by atoms with E-state index in [0.717, 1.165) is 16.4 Å². The number of rotatable bonds is 5. The van der Waals surface area contributed by atoms with Crippen molar-refractivity contribution in [2.45, 2.75) is 19.8 Å². The van der Waals surface area contributed by atoms with Crippen molar-refractivity contribution < 1.29 is 0 Å². The van der Waals surface area contributed by atoms with E-state index >= 15 is 0 Å². The van der Waals surface area contributed by atoms with Gasteiger partial charge in [-0.3, -0.25) is 4.98 Å². The van der Waals surface area contributed by atoms with Crippen molar-refractivity contribution in [1.29, 1.82) is 0 Å². The molecule has 7 aromatic carbocycles. The standard InChI is InChI=1S/C46H34N2/c1-30(2)35-18-10-11-23-41(35)48-42-26-25-33(29-40(42)46-43(48)24-13-27-47-46)32-16-12-17-34(28-32)45-38-21-8-6-19-36(38)44(31-14-4-3-5-15-31)37-20-7-9-22-39(37)45/h3-30H,1-2H3. The summed E-state index contributed by atoms with van der Waals surface area (Å²) >= 11 is 0. The average Bonchev–Trinajstić information content (AvgIpc) is 3.47. The van der Waals surface area contributed by atoms with Crippen molar-refractivity contribution >= 4 is 43.5 Å². The lowest BCUT2D eigenvalue weighted by Gasteiger charge is -2.18. The van der Waals surface area contributed by atoms with Gasteiger partial charge in [0, 0.05) is 17.3 Å². The van der Waals surface area contributed by atoms with Crippen LogP contribution in [0.3, 0.4) is 0 Å². The van der Waals surface area contributed by atoms with Gasteiger partial charge in [0.25, 0.3) is 0 Å². The van der Waals surface area contributed by atoms with Crippen molar-refractivity contribution in [3.63, 3.8) is 0 Å². The summed E-state index contributed by atoms with van der Waals surface area (Å²) in [4.78, 5) is 4.91. The third-order valence-corrected chi connectivity index (χ3v) is 9.80. The van der Waals surface area contributed by atoms with Crippen LogP contribution in [0.1, 0.15) is 25.3 Å². The molecule has 9 aromatic rings. The summed E-state index contributed by atoms with van der Waals surface area (Å²) in [5, 5.41) is 6.22. The van der Waals surface area contributed by atoms with Crippen LogP contribution in [0.15, 0.2) is 164 Å². The Balaban J connectivity index is 1.25. The summed E-state index contributed by atoms with van der Waals surface area (Å²) < 4.78 is 2.39. The largest absolute Gasteiger partial charge is 0.307 e. The van der Waals surface area contributed by atoms with Gasteiger partial charge in [0.05, 0.1) is 16.6 Å². The summed E-state index contributed by atoms with van der Waals surface area (Å²) in [5.41, 5.74) is 13.2. The minimum absolute atomic E-state index is 0.404. The van der Waals surface area contributed by atoms with Crippen LogP contribution in [-0.2, 0) is 0 Å². The number of aromatic nitrogens is 2. The van der Waals surface area contributed by atoms with Gasteiger partial charge in [-0.1, -0.05) is 135 Å². The Kier molecular flexibility index (Phi) is 6.69. The van der Waals surface area contributed by atoms with E-state index in [-0.39, 0.29) is 0 Å². The van der Waals surface area contributed by atoms with E-state index in [1.165, 1.54) is 71.7 Å². The van der Waals surface area contributed by atoms with Gasteiger partial charge in [0.15, 0.2) is 0 Å². The molecule has 2 nitrogen and oxygen atoms in total. The Morgan fingerprint density at radius 3 is 1.73 bits per heavy atom. The van der Waals surface area contributed by atoms with Crippen LogP contribution >= 0.6 is 0 Å². The van der Waals surface area contributed by atoms with Crippen LogP contribution in [0.4, 0.5) is 0 Å². The maximum atomic E-state index is 4.91. The normalized spacial score (nSPS) is 11.7. The lowest BCUT2D eigenvalue weighted by atomic mass is 9.85. The van der Waals surface area contributed by atoms with Crippen LogP contribution < -0.4 is 0 Å². The fourth-order valence-electron chi connectivity index (χ4n) is 7.66. The number of nitrogens with zero attached hydrogens (tertiary/aromatic N) is 2. The zero-order valence-electron chi connectivity index (χ0n) is 27.1. The second-order valence-corrected chi connectivity index (χ2v) is 12.9. The molecule has 0 saturated heterocycles. The first-order chi connectivity index (χ1) is 23.7. The number of fused-ring (bicyclic) bond motifs is 5. The summed E-state index contributed by atoms with van der Waals surface area (Å²) in [6.07, 6.45) is 1.91. The highest BCUT2D eigenvalue weighted by Gasteiger charge is 2.19. The minimum atomic E-state index is 0.404. The number of para-hydroxylation sites is 1. The molecule has 0 bridgehead atoms. The third-order valence-electron chi connectivity index (χ3n) is 9.80. The predicted molar refractivity (Wildman–Crippen MR) is 204 cm³/mol. The average molecular weight is 615 g/mol. The second kappa shape index (κ2) is 11.4. The highest BCUT2D eigenvalue weighted by Crippen LogP contribution is 2.44. The molecule has 228 valence electrons. The van der Waals surface area contributed by atoms with E-state index in [1.54, 1.807) is 0 Å². The van der Waals surface area contributed by atoms with Gasteiger partial charge in [-0.05, 0) is 103 Å². The van der Waals surface area contributed by atoms with Crippen LogP contribution in [0.25, 0.3) is 82.5 Å². The Bertz CT molecular complexity index is 2590. The van der Waals surface area contributed by atoms with E-state index in [1.807, 2.05) is 12.3 Å². The molecule has 0 unspecified atom stereocenters. The van der Waals surface area contributed by atoms with Crippen LogP contribution in [-0.4, -0.2) is 9.55 Å². The van der Waals surface area contributed by atoms with E-state index in [2.05, 4.69) is 170 Å². The molecule has 0 fully saturated rings. The maximum absolute atomic E-state index is 4.91. The van der Waals surface area contributed by atoms with Gasteiger partial charge >= 0.3 is 0 Å². The van der Waals surface area contributed by atoms with Crippen LogP contribution in [0, 0.1) is 0 Å². The topological polar surface area (TPSA) is 17.8 Å². The smallest absolute Gasteiger partial charge is 0.0963 e. The summed E-state index contributed by atoms with van der Waals surface area (Å²) in [6, 6.07) is 57.4. The molecular formula is C46H34N2. The maximum Gasteiger partial charge on any atom is 0.0963 e. The third kappa shape index (κ3) is 4.45. The van der Waals surface area contributed by atoms with E-state index in [9.17, 15) is 0 Å². The predicted octanol–water partition coefficient (Wildman–Crippen LogP) is 12.6. The summed E-state index contributed by atoms with van der Waals surface area (Å²) in [7, 11) is 0. The second-order valence-electron chi connectivity index (χ2n) is 12.9. The first-order valence-electron chi connectivity index (χ1n) is 16.8. The van der Waals surface area contributed by atoms with Gasteiger partial charge in [-0.2, -0.15) is 0 Å². The molecule has 0 aliphatic carbocycles. The van der Waals surface area contributed by atoms with E-state index in [4.69, 9.17) is 4.98 Å². The van der Waals surface area contributed by atoms with Gasteiger partial charge in [0.2, 0.25) is 0 Å². The Morgan fingerprint density at radius 1 is 0.438 bits per heavy atom. The Labute approximate surface area is 280 Å². The molecule has 9 rings (SSSR count). The number of pyridine rings is 1. The number of benzene rings is 7. The zero-order valence-corrected chi connectivity index (χ0v) is 27.1. The van der Waals surface area contributed by atoms with E-state index < -0.39 is 0 Å². The van der Waals surface area contributed by atoms with Crippen molar-refractivity contribution in [1.82, 2.24) is 9.55 Å². The monoisotopic (exact) mass is 614 g/mol. The zero-order chi connectivity index (χ0) is 32.2. The SMILES string of the molecule is CC(C)c1ccccc1-n1c2ccc(-c3cccc(-c4c5ccccc5c(-c5ccccc5)c5ccccc45)c3)cc2c2ncccc21. The molecule has 0 aliphatic rings. The van der Waals surface area contributed by atoms with Crippen molar-refractivity contribution in [2.75, 3.05) is 0 Å². The molecular weight excluding hydrogens is 581 g/mol. The Morgan fingerprint density at radius 2 is 1.02 bits per heavy atom. The molecule has 0 saturated carbocycles. The lowest BCUT2D eigenvalue weighted by molar-refractivity contribution is 0.854. The molecule has 0 aliphatic heterocycles. The van der Waals surface area contributed by atoms with Crippen molar-refractivity contribution in [2.24, 2.45) is 0 Å². The fourth-order valence-corrected chi connectivity index (χ4v) is 7.66. The van der Waals surface area contributed by atoms with Gasteiger partial charge in [-0.25, -0.2) is 0 Å². The number of hydrogen-bond acceptors (Lipinski definition) is 1. The fraction of sp³-hybridized carbons (Fsp3) is 0.0652. The van der Waals surface area contributed by atoms with E-state index in [0.29, 0.717) is 5.92 Å². The van der Waals surface area contributed by atoms with Gasteiger partial charge in [-0.15, -0.1) is 0 Å². The van der Waals surface area contributed by atoms with Crippen molar-refractivity contribution in [3.8, 4) is 39.1 Å². The Hall–Kier alpha value is -5.99. The molecule has 0 spiro atoms. The van der Waals surface area contributed by atoms with Gasteiger partial charge < -0.3 is 4.57 Å². The first-order valence-corrected chi connectivity index (χ1v) is 16.8. The molecule has 0 amide bonds. The lowest BCUT2D eigenvalue weighted by Crippen LogP contribution is -2.01. The molecule has 48 heavy (non-hydrogen) atoms. The summed E-state index contributed by atoms with van der Waals surface area (Å²) in [5.74, 6) is 0.404. The highest BCUT2D eigenvalue weighted by atomic mass is 15.0. The molecule has 2 aromatic heterocycles. The highest BCUT2D eigenvalue weighted by molar-refractivity contribution is 6.21. The van der Waals surface area contributed by atoms with Crippen molar-refractivity contribution in [3.05, 3.63) is 169 Å². The first kappa shape index (κ1) is 28.3. The molecule has 0 radical (unpaired) electrons. The van der Waals surface area contributed by atoms with Gasteiger partial charge in [0.1, 0.15) is 0 Å². The minimum Gasteiger partial charge on any atom is -0.307 e. The molecule has 0 atom stereocenters. The van der Waals surface area contributed by atoms with Crippen LogP contribution in [0.2, 0.25) is 0 Å². The number of hydrogen-bond donors (Lipinski definition) is 0. The molecule has 2 heteroatoms.